The summed E-state index contributed by atoms with van der Waals surface area (Å²) in [4.78, 5) is 10.4. The maximum absolute atomic E-state index is 10.4. The second-order valence-electron chi connectivity index (χ2n) is 2.04. The van der Waals surface area contributed by atoms with Gasteiger partial charge in [-0.2, -0.15) is 22.4 Å². The van der Waals surface area contributed by atoms with Crippen LogP contribution in [0.5, 0.6) is 0 Å². The summed E-state index contributed by atoms with van der Waals surface area (Å²) < 4.78 is 0. The molecule has 0 unspecified atom stereocenters. The summed E-state index contributed by atoms with van der Waals surface area (Å²) in [6, 6.07) is 6.73. The first-order valence-electron chi connectivity index (χ1n) is 3.01. The zero-order chi connectivity index (χ0) is 8.27. The molecule has 0 saturated heterocycles. The van der Waals surface area contributed by atoms with Crippen LogP contribution < -0.4 is 5.46 Å². The van der Waals surface area contributed by atoms with Crippen molar-refractivity contribution in [1.29, 1.82) is 0 Å². The predicted molar refractivity (Wildman–Crippen MR) is 52.8 cm³/mol. The van der Waals surface area contributed by atoms with Crippen molar-refractivity contribution in [2.45, 2.75) is 0 Å². The van der Waals surface area contributed by atoms with Crippen LogP contribution in [-0.4, -0.2) is 16.2 Å². The van der Waals surface area contributed by atoms with Crippen LogP contribution >= 0.6 is 22.4 Å². The fraction of sp³-hybridized carbons (Fsp3) is 0. The molecule has 0 atom stereocenters. The van der Waals surface area contributed by atoms with Crippen LogP contribution in [0.3, 0.4) is 0 Å². The van der Waals surface area contributed by atoms with E-state index in [9.17, 15) is 4.79 Å². The summed E-state index contributed by atoms with van der Waals surface area (Å²) in [5, 5.41) is 10.4. The average molecular weight is 259 g/mol. The molecule has 1 aromatic carbocycles. The van der Waals surface area contributed by atoms with E-state index in [0.717, 1.165) is 5.46 Å². The fourth-order valence-electron chi connectivity index (χ4n) is 0.698. The van der Waals surface area contributed by atoms with Crippen LogP contribution in [0, 0.1) is 0 Å². The molecule has 55 valence electrons. The Hall–Kier alpha value is -0.515. The van der Waals surface area contributed by atoms with E-state index in [1.54, 1.807) is 24.3 Å². The number of hydrogen-bond acceptors (Lipinski definition) is 1. The first-order chi connectivity index (χ1) is 5.24. The minimum Gasteiger partial charge on any atom is -0.478 e. The Morgan fingerprint density at radius 3 is 2.27 bits per heavy atom. The van der Waals surface area contributed by atoms with Gasteiger partial charge in [-0.05, 0) is 12.1 Å². The molecule has 1 rings (SSSR count). The van der Waals surface area contributed by atoms with E-state index >= 15 is 0 Å². The Morgan fingerprint density at radius 2 is 1.91 bits per heavy atom. The first-order valence-corrected chi connectivity index (χ1v) is 4.25. The Bertz CT molecular complexity index is 258. The molecule has 0 aromatic heterocycles. The number of aromatic carboxylic acids is 1. The third kappa shape index (κ3) is 2.22. The van der Waals surface area contributed by atoms with Crippen LogP contribution in [0.15, 0.2) is 24.3 Å². The summed E-state index contributed by atoms with van der Waals surface area (Å²) in [7, 11) is 0. The Balaban J connectivity index is 2.91. The Kier molecular flexibility index (Phi) is 2.93. The molecule has 0 aliphatic heterocycles. The lowest BCUT2D eigenvalue weighted by molar-refractivity contribution is 0.0697. The van der Waals surface area contributed by atoms with Gasteiger partial charge in [-0.3, -0.25) is 0 Å². The highest BCUT2D eigenvalue weighted by molar-refractivity contribution is 14.1. The summed E-state index contributed by atoms with van der Waals surface area (Å²) in [5.74, 6) is -0.884. The maximum Gasteiger partial charge on any atom is 0.335 e. The third-order valence-electron chi connectivity index (χ3n) is 1.28. The molecule has 1 aromatic rings. The van der Waals surface area contributed by atoms with Gasteiger partial charge in [0.1, 0.15) is 0 Å². The van der Waals surface area contributed by atoms with Crippen molar-refractivity contribution in [3.63, 3.8) is 0 Å². The van der Waals surface area contributed by atoms with Gasteiger partial charge in [-0.15, -0.1) is 0 Å². The molecule has 0 aliphatic carbocycles. The number of carboxylic acid groups (broad SMARTS) is 1. The summed E-state index contributed by atoms with van der Waals surface area (Å²) in [6.45, 7) is 0. The molecule has 1 N–H and O–H groups in total. The average Bonchev–Trinajstić information content (AvgIpc) is 2.05. The smallest absolute Gasteiger partial charge is 0.335 e. The lowest BCUT2D eigenvalue weighted by atomic mass is 9.95. The van der Waals surface area contributed by atoms with Crippen molar-refractivity contribution in [3.8, 4) is 0 Å². The normalized spacial score (nSPS) is 9.18. The molecule has 11 heavy (non-hydrogen) atoms. The maximum atomic E-state index is 10.4. The second kappa shape index (κ2) is 3.76. The topological polar surface area (TPSA) is 37.3 Å². The van der Waals surface area contributed by atoms with Crippen molar-refractivity contribution in [1.82, 2.24) is 0 Å². The molecular formula is C7H5BIO2. The van der Waals surface area contributed by atoms with Crippen LogP contribution in [0.2, 0.25) is 0 Å². The van der Waals surface area contributed by atoms with E-state index in [4.69, 9.17) is 5.11 Å². The van der Waals surface area contributed by atoms with E-state index in [-0.39, 0.29) is 0 Å². The second-order valence-corrected chi connectivity index (χ2v) is 2.66. The lowest BCUT2D eigenvalue weighted by Crippen LogP contribution is -2.08. The SMILES string of the molecule is O=C(O)c1ccc([B]I)cc1. The predicted octanol–water partition coefficient (Wildman–Crippen LogP) is 1.06. The van der Waals surface area contributed by atoms with Gasteiger partial charge in [0.2, 0.25) is 5.14 Å². The highest BCUT2D eigenvalue weighted by Gasteiger charge is 2.00. The molecule has 0 spiro atoms. The molecule has 0 amide bonds. The van der Waals surface area contributed by atoms with Crippen molar-refractivity contribution in [2.24, 2.45) is 0 Å². The molecule has 0 heterocycles. The molecule has 2 nitrogen and oxygen atoms in total. The van der Waals surface area contributed by atoms with E-state index < -0.39 is 5.97 Å². The van der Waals surface area contributed by atoms with Gasteiger partial charge in [0.15, 0.2) is 0 Å². The number of hydrogen-bond donors (Lipinski definition) is 1. The van der Waals surface area contributed by atoms with E-state index in [1.165, 1.54) is 0 Å². The fourth-order valence-corrected chi connectivity index (χ4v) is 1.11. The van der Waals surface area contributed by atoms with Gasteiger partial charge in [-0.25, -0.2) is 4.79 Å². The molecule has 0 fully saturated rings. The van der Waals surface area contributed by atoms with Crippen LogP contribution in [0.25, 0.3) is 0 Å². The van der Waals surface area contributed by atoms with E-state index in [1.807, 2.05) is 5.14 Å². The minimum absolute atomic E-state index is 0.326. The van der Waals surface area contributed by atoms with Crippen molar-refractivity contribution in [2.75, 3.05) is 0 Å². The zero-order valence-corrected chi connectivity index (χ0v) is 7.78. The number of carbonyl (C=O) groups is 1. The molecular weight excluding hydrogens is 254 g/mol. The minimum atomic E-state index is -0.884. The lowest BCUT2D eigenvalue weighted by Gasteiger charge is -1.94. The molecule has 0 saturated carbocycles. The summed E-state index contributed by atoms with van der Waals surface area (Å²) >= 11 is 2.11. The molecule has 4 heteroatoms. The Morgan fingerprint density at radius 1 is 1.36 bits per heavy atom. The number of halogens is 1. The highest BCUT2D eigenvalue weighted by atomic mass is 127. The quantitative estimate of drug-likeness (QED) is 0.637. The molecule has 0 aliphatic rings. The largest absolute Gasteiger partial charge is 0.478 e. The zero-order valence-electron chi connectivity index (χ0n) is 5.62. The Labute approximate surface area is 78.7 Å². The van der Waals surface area contributed by atoms with Crippen LogP contribution in [0.1, 0.15) is 10.4 Å². The van der Waals surface area contributed by atoms with Crippen LogP contribution in [0.4, 0.5) is 0 Å². The number of benzene rings is 1. The highest BCUT2D eigenvalue weighted by Crippen LogP contribution is 1.96. The van der Waals surface area contributed by atoms with Gasteiger partial charge in [0.25, 0.3) is 0 Å². The van der Waals surface area contributed by atoms with Gasteiger partial charge in [-0.1, -0.05) is 17.6 Å². The van der Waals surface area contributed by atoms with Crippen molar-refractivity contribution >= 4 is 38.9 Å². The molecule has 1 radical (unpaired) electrons. The summed E-state index contributed by atoms with van der Waals surface area (Å²) in [6.07, 6.45) is 0. The molecule has 0 bridgehead atoms. The standard InChI is InChI=1S/C7H5BIO2/c9-8-6-3-1-5(2-4-6)7(10)11/h1-4H,(H,10,11). The monoisotopic (exact) mass is 259 g/mol. The van der Waals surface area contributed by atoms with E-state index in [2.05, 4.69) is 22.4 Å². The first kappa shape index (κ1) is 8.58. The van der Waals surface area contributed by atoms with Gasteiger partial charge < -0.3 is 5.11 Å². The van der Waals surface area contributed by atoms with Gasteiger partial charge in [0, 0.05) is 0 Å². The van der Waals surface area contributed by atoms with Gasteiger partial charge in [0.05, 0.1) is 5.56 Å². The number of carboxylic acids is 1. The number of rotatable bonds is 2. The van der Waals surface area contributed by atoms with Crippen LogP contribution in [-0.2, 0) is 0 Å². The van der Waals surface area contributed by atoms with Crippen molar-refractivity contribution in [3.05, 3.63) is 29.8 Å². The van der Waals surface area contributed by atoms with Gasteiger partial charge >= 0.3 is 5.97 Å². The van der Waals surface area contributed by atoms with E-state index in [0.29, 0.717) is 5.56 Å². The third-order valence-corrected chi connectivity index (χ3v) is 2.00. The summed E-state index contributed by atoms with van der Waals surface area (Å²) in [5.41, 5.74) is 1.35. The van der Waals surface area contributed by atoms with Crippen molar-refractivity contribution < 1.29 is 9.90 Å².